The Kier molecular flexibility index (Phi) is 7.33. The third kappa shape index (κ3) is 6.04. The van der Waals surface area contributed by atoms with Crippen LogP contribution in [-0.4, -0.2) is 30.9 Å². The molecule has 30 heavy (non-hydrogen) atoms. The summed E-state index contributed by atoms with van der Waals surface area (Å²) in [5.74, 6) is -0.625. The summed E-state index contributed by atoms with van der Waals surface area (Å²) in [6.07, 6.45) is 0.0191. The number of esters is 1. The highest BCUT2D eigenvalue weighted by molar-refractivity contribution is 6.13. The molecule has 0 spiro atoms. The molecule has 0 aliphatic carbocycles. The van der Waals surface area contributed by atoms with Crippen molar-refractivity contribution >= 4 is 23.3 Å². The molecule has 0 aliphatic rings. The van der Waals surface area contributed by atoms with Gasteiger partial charge in [0, 0.05) is 11.1 Å². The summed E-state index contributed by atoms with van der Waals surface area (Å²) in [7, 11) is 0. The lowest BCUT2D eigenvalue weighted by atomic mass is 10.0. The summed E-state index contributed by atoms with van der Waals surface area (Å²) < 4.78 is 10.4. The second kappa shape index (κ2) is 10.6. The van der Waals surface area contributed by atoms with Crippen LogP contribution in [0, 0.1) is 0 Å². The number of nitrogens with one attached hydrogen (secondary N) is 1. The number of hydrogen-bond acceptors (Lipinski definition) is 5. The molecular formula is C24H21NO5. The molecule has 6 nitrogen and oxygen atoms in total. The van der Waals surface area contributed by atoms with Crippen molar-refractivity contribution in [1.82, 2.24) is 0 Å². The van der Waals surface area contributed by atoms with E-state index in [0.717, 1.165) is 0 Å². The third-order valence-corrected chi connectivity index (χ3v) is 4.16. The Hall–Kier alpha value is -3.93. The summed E-state index contributed by atoms with van der Waals surface area (Å²) in [5.41, 5.74) is 1.24. The molecule has 1 N–H and O–H groups in total. The first kappa shape index (κ1) is 20.8. The van der Waals surface area contributed by atoms with Crippen molar-refractivity contribution in [2.75, 3.05) is 18.5 Å². The van der Waals surface area contributed by atoms with Crippen LogP contribution in [-0.2, 0) is 14.3 Å². The van der Waals surface area contributed by atoms with E-state index < -0.39 is 18.5 Å². The molecule has 0 heterocycles. The van der Waals surface area contributed by atoms with Gasteiger partial charge in [0.2, 0.25) is 0 Å². The quantitative estimate of drug-likeness (QED) is 0.433. The predicted octanol–water partition coefficient (Wildman–Crippen LogP) is 3.87. The first-order valence-corrected chi connectivity index (χ1v) is 9.45. The fraction of sp³-hybridized carbons (Fsp3) is 0.125. The Morgan fingerprint density at radius 2 is 1.40 bits per heavy atom. The van der Waals surface area contributed by atoms with Crippen molar-refractivity contribution in [2.45, 2.75) is 6.42 Å². The first-order valence-electron chi connectivity index (χ1n) is 9.45. The van der Waals surface area contributed by atoms with Crippen LogP contribution in [0.5, 0.6) is 5.75 Å². The molecule has 0 bridgehead atoms. The van der Waals surface area contributed by atoms with Gasteiger partial charge in [-0.05, 0) is 24.3 Å². The van der Waals surface area contributed by atoms with Gasteiger partial charge in [-0.3, -0.25) is 14.4 Å². The second-order valence-corrected chi connectivity index (χ2v) is 6.36. The van der Waals surface area contributed by atoms with E-state index in [1.165, 1.54) is 0 Å². The molecule has 0 fully saturated rings. The van der Waals surface area contributed by atoms with E-state index in [-0.39, 0.29) is 18.8 Å². The van der Waals surface area contributed by atoms with Gasteiger partial charge >= 0.3 is 5.97 Å². The smallest absolute Gasteiger partial charge is 0.309 e. The minimum absolute atomic E-state index is 0.0191. The van der Waals surface area contributed by atoms with E-state index in [2.05, 4.69) is 5.32 Å². The minimum Gasteiger partial charge on any atom is -0.493 e. The summed E-state index contributed by atoms with van der Waals surface area (Å²) in [5, 5.41) is 2.63. The number of hydrogen-bond donors (Lipinski definition) is 1. The molecule has 3 aromatic rings. The lowest BCUT2D eigenvalue weighted by molar-refractivity contribution is -0.147. The number of rotatable bonds is 9. The van der Waals surface area contributed by atoms with Gasteiger partial charge in [0.15, 0.2) is 12.4 Å². The largest absolute Gasteiger partial charge is 0.493 e. The van der Waals surface area contributed by atoms with E-state index in [1.54, 1.807) is 60.7 Å². The normalized spacial score (nSPS) is 10.1. The number of carbonyl (C=O) groups excluding carboxylic acids is 3. The minimum atomic E-state index is -0.547. The predicted molar refractivity (Wildman–Crippen MR) is 112 cm³/mol. The van der Waals surface area contributed by atoms with Gasteiger partial charge in [0.1, 0.15) is 5.75 Å². The van der Waals surface area contributed by atoms with Crippen LogP contribution in [0.3, 0.4) is 0 Å². The van der Waals surface area contributed by atoms with Crippen LogP contribution in [0.4, 0.5) is 5.69 Å². The zero-order valence-corrected chi connectivity index (χ0v) is 16.2. The summed E-state index contributed by atoms with van der Waals surface area (Å²) >= 11 is 0. The fourth-order valence-corrected chi connectivity index (χ4v) is 2.71. The molecule has 0 unspecified atom stereocenters. The Labute approximate surface area is 174 Å². The number of ether oxygens (including phenoxy) is 2. The monoisotopic (exact) mass is 403 g/mol. The average molecular weight is 403 g/mol. The molecule has 152 valence electrons. The maximum Gasteiger partial charge on any atom is 0.309 e. The molecule has 0 atom stereocenters. The maximum atomic E-state index is 12.7. The highest BCUT2D eigenvalue weighted by atomic mass is 16.5. The van der Waals surface area contributed by atoms with Crippen LogP contribution in [0.15, 0.2) is 84.9 Å². The van der Waals surface area contributed by atoms with Crippen LogP contribution in [0.25, 0.3) is 0 Å². The van der Waals surface area contributed by atoms with Gasteiger partial charge in [0.05, 0.1) is 18.7 Å². The first-order chi connectivity index (χ1) is 14.6. The number of anilines is 1. The molecule has 0 saturated carbocycles. The highest BCUT2D eigenvalue weighted by Crippen LogP contribution is 2.19. The van der Waals surface area contributed by atoms with Crippen molar-refractivity contribution in [1.29, 1.82) is 0 Å². The molecule has 1 amide bonds. The van der Waals surface area contributed by atoms with E-state index in [4.69, 9.17) is 9.47 Å². The SMILES string of the molecule is O=C(COC(=O)CCOc1ccccc1)Nc1ccccc1C(=O)c1ccccc1. The molecule has 0 aliphatic heterocycles. The zero-order chi connectivity index (χ0) is 21.2. The van der Waals surface area contributed by atoms with Crippen LogP contribution >= 0.6 is 0 Å². The number of amides is 1. The van der Waals surface area contributed by atoms with Gasteiger partial charge in [-0.1, -0.05) is 60.7 Å². The lowest BCUT2D eigenvalue weighted by Crippen LogP contribution is -2.22. The molecular weight excluding hydrogens is 382 g/mol. The standard InChI is InChI=1S/C24H21NO5/c26-22(17-30-23(27)15-16-29-19-11-5-2-6-12-19)25-21-14-8-7-13-20(21)24(28)18-9-3-1-4-10-18/h1-14H,15-17H2,(H,25,26). The van der Waals surface area contributed by atoms with E-state index >= 15 is 0 Å². The van der Waals surface area contributed by atoms with E-state index in [9.17, 15) is 14.4 Å². The lowest BCUT2D eigenvalue weighted by Gasteiger charge is -2.11. The zero-order valence-electron chi connectivity index (χ0n) is 16.2. The van der Waals surface area contributed by atoms with Crippen molar-refractivity contribution in [3.05, 3.63) is 96.1 Å². The second-order valence-electron chi connectivity index (χ2n) is 6.36. The van der Waals surface area contributed by atoms with Gasteiger partial charge < -0.3 is 14.8 Å². The third-order valence-electron chi connectivity index (χ3n) is 4.16. The van der Waals surface area contributed by atoms with Crippen molar-refractivity contribution in [3.8, 4) is 5.75 Å². The highest BCUT2D eigenvalue weighted by Gasteiger charge is 2.15. The maximum absolute atomic E-state index is 12.7. The molecule has 0 saturated heterocycles. The van der Waals surface area contributed by atoms with Gasteiger partial charge in [0.25, 0.3) is 5.91 Å². The number of carbonyl (C=O) groups is 3. The Morgan fingerprint density at radius 1 is 0.767 bits per heavy atom. The van der Waals surface area contributed by atoms with E-state index in [0.29, 0.717) is 22.6 Å². The van der Waals surface area contributed by atoms with Gasteiger partial charge in [-0.15, -0.1) is 0 Å². The van der Waals surface area contributed by atoms with Crippen molar-refractivity contribution in [3.63, 3.8) is 0 Å². The number of ketones is 1. The van der Waals surface area contributed by atoms with Crippen molar-refractivity contribution in [2.24, 2.45) is 0 Å². The average Bonchev–Trinajstić information content (AvgIpc) is 2.79. The topological polar surface area (TPSA) is 81.7 Å². The Balaban J connectivity index is 1.49. The summed E-state index contributed by atoms with van der Waals surface area (Å²) in [6.45, 7) is -0.295. The Bertz CT molecular complexity index is 1000. The van der Waals surface area contributed by atoms with E-state index in [1.807, 2.05) is 24.3 Å². The molecule has 0 radical (unpaired) electrons. The van der Waals surface area contributed by atoms with Gasteiger partial charge in [-0.25, -0.2) is 0 Å². The Morgan fingerprint density at radius 3 is 2.13 bits per heavy atom. The number of benzene rings is 3. The van der Waals surface area contributed by atoms with Crippen LogP contribution < -0.4 is 10.1 Å². The van der Waals surface area contributed by atoms with Crippen LogP contribution in [0.2, 0.25) is 0 Å². The van der Waals surface area contributed by atoms with Crippen molar-refractivity contribution < 1.29 is 23.9 Å². The van der Waals surface area contributed by atoms with Gasteiger partial charge in [-0.2, -0.15) is 0 Å². The molecule has 0 aromatic heterocycles. The molecule has 6 heteroatoms. The summed E-state index contributed by atoms with van der Waals surface area (Å²) in [6, 6.07) is 24.6. The molecule has 3 aromatic carbocycles. The fourth-order valence-electron chi connectivity index (χ4n) is 2.71. The van der Waals surface area contributed by atoms with Crippen LogP contribution in [0.1, 0.15) is 22.3 Å². The number of para-hydroxylation sites is 2. The summed E-state index contributed by atoms with van der Waals surface area (Å²) in [4.78, 5) is 36.7. The molecule has 3 rings (SSSR count).